The fourth-order valence-corrected chi connectivity index (χ4v) is 3.19. The van der Waals surface area contributed by atoms with Crippen LogP contribution in [0.4, 0.5) is 5.69 Å². The second kappa shape index (κ2) is 9.01. The number of hydrogen-bond acceptors (Lipinski definition) is 4. The summed E-state index contributed by atoms with van der Waals surface area (Å²) in [5.41, 5.74) is 2.54. The monoisotopic (exact) mass is 390 g/mol. The Balaban J connectivity index is 1.81. The van der Waals surface area contributed by atoms with Gasteiger partial charge in [0, 0.05) is 13.1 Å². The average molecular weight is 390 g/mol. The van der Waals surface area contributed by atoms with Crippen molar-refractivity contribution in [1.82, 2.24) is 4.90 Å². The Kier molecular flexibility index (Phi) is 6.24. The molecular formula is C23H22N2O4. The molecule has 0 saturated heterocycles. The van der Waals surface area contributed by atoms with Crippen LogP contribution in [0, 0.1) is 17.0 Å². The molecule has 0 aliphatic heterocycles. The highest BCUT2D eigenvalue weighted by Crippen LogP contribution is 2.29. The molecule has 1 amide bonds. The molecule has 0 radical (unpaired) electrons. The van der Waals surface area contributed by atoms with Crippen LogP contribution in [0.15, 0.2) is 78.9 Å². The van der Waals surface area contributed by atoms with Crippen molar-refractivity contribution in [1.29, 1.82) is 0 Å². The van der Waals surface area contributed by atoms with Crippen LogP contribution < -0.4 is 4.74 Å². The molecule has 0 aliphatic carbocycles. The van der Waals surface area contributed by atoms with Crippen molar-refractivity contribution in [2.75, 3.05) is 13.7 Å². The number of carbonyl (C=O) groups excluding carboxylic acids is 1. The van der Waals surface area contributed by atoms with Crippen LogP contribution in [0.1, 0.15) is 22.7 Å². The summed E-state index contributed by atoms with van der Waals surface area (Å²) in [6, 6.07) is 23.8. The second-order valence-corrected chi connectivity index (χ2v) is 6.75. The molecule has 0 bridgehead atoms. The van der Waals surface area contributed by atoms with Gasteiger partial charge in [-0.25, -0.2) is 0 Å². The molecule has 0 heterocycles. The van der Waals surface area contributed by atoms with Gasteiger partial charge in [0.2, 0.25) is 0 Å². The summed E-state index contributed by atoms with van der Waals surface area (Å²) in [5.74, 6) is -0.198. The molecule has 29 heavy (non-hydrogen) atoms. The van der Waals surface area contributed by atoms with E-state index in [1.165, 1.54) is 12.1 Å². The van der Waals surface area contributed by atoms with Gasteiger partial charge < -0.3 is 9.64 Å². The summed E-state index contributed by atoms with van der Waals surface area (Å²) in [5, 5.41) is 11.3. The number of benzene rings is 3. The summed E-state index contributed by atoms with van der Waals surface area (Å²) in [6.45, 7) is 1.47. The number of ether oxygens (including phenoxy) is 1. The lowest BCUT2D eigenvalue weighted by Gasteiger charge is -2.29. The van der Waals surface area contributed by atoms with Crippen LogP contribution in [-0.2, 0) is 4.79 Å². The van der Waals surface area contributed by atoms with Gasteiger partial charge in [-0.1, -0.05) is 66.7 Å². The quantitative estimate of drug-likeness (QED) is 0.439. The highest BCUT2D eigenvalue weighted by molar-refractivity contribution is 5.78. The maximum Gasteiger partial charge on any atom is 0.311 e. The van der Waals surface area contributed by atoms with E-state index in [1.807, 2.05) is 60.7 Å². The number of nitrogens with zero attached hydrogens (tertiary/aromatic N) is 2. The van der Waals surface area contributed by atoms with Crippen molar-refractivity contribution >= 4 is 11.6 Å². The zero-order valence-electron chi connectivity index (χ0n) is 16.3. The predicted molar refractivity (Wildman–Crippen MR) is 111 cm³/mol. The first-order chi connectivity index (χ1) is 14.0. The first-order valence-electron chi connectivity index (χ1n) is 9.21. The molecule has 148 valence electrons. The van der Waals surface area contributed by atoms with Gasteiger partial charge in [0.25, 0.3) is 5.91 Å². The van der Waals surface area contributed by atoms with E-state index in [1.54, 1.807) is 24.9 Å². The minimum atomic E-state index is -0.507. The highest BCUT2D eigenvalue weighted by Gasteiger charge is 2.24. The number of carbonyl (C=O) groups is 1. The Bertz CT molecular complexity index is 951. The number of aryl methyl sites for hydroxylation is 1. The smallest absolute Gasteiger partial charge is 0.311 e. The van der Waals surface area contributed by atoms with E-state index in [2.05, 4.69) is 0 Å². The molecule has 3 aromatic rings. The van der Waals surface area contributed by atoms with Gasteiger partial charge in [0.15, 0.2) is 12.4 Å². The maximum absolute atomic E-state index is 12.9. The second-order valence-electron chi connectivity index (χ2n) is 6.75. The zero-order chi connectivity index (χ0) is 20.8. The molecule has 0 unspecified atom stereocenters. The Morgan fingerprint density at radius 1 is 1.00 bits per heavy atom. The number of hydrogen-bond donors (Lipinski definition) is 0. The van der Waals surface area contributed by atoms with E-state index in [-0.39, 0.29) is 30.0 Å². The molecule has 0 N–H and O–H groups in total. The Morgan fingerprint density at radius 2 is 1.55 bits per heavy atom. The lowest BCUT2D eigenvalue weighted by atomic mass is 9.97. The van der Waals surface area contributed by atoms with Crippen LogP contribution in [0.25, 0.3) is 0 Å². The summed E-state index contributed by atoms with van der Waals surface area (Å²) in [4.78, 5) is 25.2. The van der Waals surface area contributed by atoms with Crippen LogP contribution in [0.5, 0.6) is 5.75 Å². The summed E-state index contributed by atoms with van der Waals surface area (Å²) in [7, 11) is 1.71. The minimum Gasteiger partial charge on any atom is -0.477 e. The van der Waals surface area contributed by atoms with Crippen molar-refractivity contribution in [3.05, 3.63) is 106 Å². The number of rotatable bonds is 7. The van der Waals surface area contributed by atoms with Crippen molar-refractivity contribution < 1.29 is 14.5 Å². The molecule has 3 rings (SSSR count). The van der Waals surface area contributed by atoms with Crippen molar-refractivity contribution in [2.45, 2.75) is 13.0 Å². The van der Waals surface area contributed by atoms with Crippen molar-refractivity contribution in [3.63, 3.8) is 0 Å². The molecule has 0 spiro atoms. The van der Waals surface area contributed by atoms with Crippen molar-refractivity contribution in [3.8, 4) is 5.75 Å². The molecule has 3 aromatic carbocycles. The standard InChI is InChI=1S/C23H22N2O4/c1-17-13-14-21(20(15-17)25(27)28)29-16-22(26)24(2)23(18-9-5-3-6-10-18)19-11-7-4-8-12-19/h3-15,23H,16H2,1-2H3. The fraction of sp³-hybridized carbons (Fsp3) is 0.174. The van der Waals surface area contributed by atoms with Gasteiger partial charge in [0.05, 0.1) is 11.0 Å². The molecule has 0 fully saturated rings. The third kappa shape index (κ3) is 4.79. The van der Waals surface area contributed by atoms with E-state index >= 15 is 0 Å². The van der Waals surface area contributed by atoms with E-state index in [0.29, 0.717) is 0 Å². The summed E-state index contributed by atoms with van der Waals surface area (Å²) >= 11 is 0. The molecule has 6 nitrogen and oxygen atoms in total. The Labute approximate surface area is 169 Å². The van der Waals surface area contributed by atoms with Crippen LogP contribution in [0.2, 0.25) is 0 Å². The molecule has 0 aliphatic rings. The van der Waals surface area contributed by atoms with Gasteiger partial charge in [-0.15, -0.1) is 0 Å². The SMILES string of the molecule is Cc1ccc(OCC(=O)N(C)C(c2ccccc2)c2ccccc2)c([N+](=O)[O-])c1. The molecule has 0 saturated carbocycles. The topological polar surface area (TPSA) is 72.7 Å². The van der Waals surface area contributed by atoms with Gasteiger partial charge >= 0.3 is 5.69 Å². The van der Waals surface area contributed by atoms with Crippen LogP contribution in [-0.4, -0.2) is 29.4 Å². The van der Waals surface area contributed by atoms with Gasteiger partial charge in [-0.2, -0.15) is 0 Å². The molecule has 6 heteroatoms. The number of nitro groups is 1. The van der Waals surface area contributed by atoms with Gasteiger partial charge in [-0.05, 0) is 29.7 Å². The largest absolute Gasteiger partial charge is 0.477 e. The Hall–Kier alpha value is -3.67. The Morgan fingerprint density at radius 3 is 2.07 bits per heavy atom. The fourth-order valence-electron chi connectivity index (χ4n) is 3.19. The third-order valence-corrected chi connectivity index (χ3v) is 4.67. The normalized spacial score (nSPS) is 10.6. The first kappa shape index (κ1) is 20.1. The van der Waals surface area contributed by atoms with Crippen molar-refractivity contribution in [2.24, 2.45) is 0 Å². The van der Waals surface area contributed by atoms with E-state index in [9.17, 15) is 14.9 Å². The van der Waals surface area contributed by atoms with E-state index in [4.69, 9.17) is 4.74 Å². The number of likely N-dealkylation sites (N-methyl/N-ethyl adjacent to an activating group) is 1. The molecular weight excluding hydrogens is 368 g/mol. The summed E-state index contributed by atoms with van der Waals surface area (Å²) in [6.07, 6.45) is 0. The lowest BCUT2D eigenvalue weighted by Crippen LogP contribution is -2.35. The van der Waals surface area contributed by atoms with Gasteiger partial charge in [-0.3, -0.25) is 14.9 Å². The minimum absolute atomic E-state index is 0.0818. The maximum atomic E-state index is 12.9. The highest BCUT2D eigenvalue weighted by atomic mass is 16.6. The predicted octanol–water partition coefficient (Wildman–Crippen LogP) is 4.53. The van der Waals surface area contributed by atoms with Gasteiger partial charge in [0.1, 0.15) is 0 Å². The van der Waals surface area contributed by atoms with E-state index in [0.717, 1.165) is 16.7 Å². The van der Waals surface area contributed by atoms with Crippen LogP contribution >= 0.6 is 0 Å². The zero-order valence-corrected chi connectivity index (χ0v) is 16.3. The van der Waals surface area contributed by atoms with Crippen LogP contribution in [0.3, 0.4) is 0 Å². The van der Waals surface area contributed by atoms with E-state index < -0.39 is 4.92 Å². The molecule has 0 aromatic heterocycles. The third-order valence-electron chi connectivity index (χ3n) is 4.67. The number of amides is 1. The number of nitro benzene ring substituents is 1. The summed E-state index contributed by atoms with van der Waals surface area (Å²) < 4.78 is 5.53. The average Bonchev–Trinajstić information content (AvgIpc) is 2.74. The lowest BCUT2D eigenvalue weighted by molar-refractivity contribution is -0.385. The first-order valence-corrected chi connectivity index (χ1v) is 9.21. The molecule has 0 atom stereocenters.